The molecule has 1 heterocycles. The lowest BCUT2D eigenvalue weighted by Gasteiger charge is -2.23. The highest BCUT2D eigenvalue weighted by Crippen LogP contribution is 2.16. The molecule has 0 radical (unpaired) electrons. The number of benzene rings is 1. The van der Waals surface area contributed by atoms with Gasteiger partial charge >= 0.3 is 5.97 Å². The van der Waals surface area contributed by atoms with Crippen molar-refractivity contribution in [2.45, 2.75) is 25.8 Å². The highest BCUT2D eigenvalue weighted by Gasteiger charge is 2.32. The summed E-state index contributed by atoms with van der Waals surface area (Å²) in [5.74, 6) is -1.15. The first-order valence-electron chi connectivity index (χ1n) is 8.14. The molecule has 1 aromatic carbocycles. The number of likely N-dealkylation sites (N-methyl/N-ethyl adjacent to an activating group) is 1. The van der Waals surface area contributed by atoms with E-state index in [9.17, 15) is 22.8 Å². The Kier molecular flexibility index (Phi) is 6.36. The van der Waals surface area contributed by atoms with Crippen molar-refractivity contribution in [3.8, 4) is 0 Å². The molecule has 2 amide bonds. The SMILES string of the molecule is CC(=O)Nc1ccc(CC(=O)OCC(=O)N(C)[C@@H]2CCS(=O)(=O)C2)cc1. The maximum Gasteiger partial charge on any atom is 0.310 e. The molecule has 1 aliphatic heterocycles. The number of nitrogens with one attached hydrogen (secondary N) is 1. The molecule has 1 fully saturated rings. The Balaban J connectivity index is 1.79. The molecule has 142 valence electrons. The average Bonchev–Trinajstić information content (AvgIpc) is 2.93. The lowest BCUT2D eigenvalue weighted by Crippen LogP contribution is -2.40. The number of hydrogen-bond donors (Lipinski definition) is 1. The van der Waals surface area contributed by atoms with Crippen molar-refractivity contribution in [3.63, 3.8) is 0 Å². The van der Waals surface area contributed by atoms with Gasteiger partial charge < -0.3 is 15.0 Å². The fourth-order valence-corrected chi connectivity index (χ4v) is 4.43. The molecule has 2 rings (SSSR count). The molecule has 1 saturated heterocycles. The van der Waals surface area contributed by atoms with Gasteiger partial charge in [-0.15, -0.1) is 0 Å². The van der Waals surface area contributed by atoms with Crippen LogP contribution in [0.4, 0.5) is 5.69 Å². The zero-order chi connectivity index (χ0) is 19.3. The summed E-state index contributed by atoms with van der Waals surface area (Å²) in [5.41, 5.74) is 1.31. The predicted octanol–water partition coefficient (Wildman–Crippen LogP) is 0.376. The van der Waals surface area contributed by atoms with Crippen molar-refractivity contribution in [2.75, 3.05) is 30.5 Å². The second-order valence-electron chi connectivity index (χ2n) is 6.28. The minimum absolute atomic E-state index is 0.00481. The summed E-state index contributed by atoms with van der Waals surface area (Å²) in [7, 11) is -1.57. The molecule has 1 atom stereocenters. The van der Waals surface area contributed by atoms with Crippen molar-refractivity contribution in [2.24, 2.45) is 0 Å². The van der Waals surface area contributed by atoms with Crippen molar-refractivity contribution >= 4 is 33.3 Å². The molecule has 9 heteroatoms. The first-order chi connectivity index (χ1) is 12.2. The summed E-state index contributed by atoms with van der Waals surface area (Å²) in [6.45, 7) is 0.982. The Morgan fingerprint density at radius 3 is 2.42 bits per heavy atom. The van der Waals surface area contributed by atoms with Gasteiger partial charge in [-0.25, -0.2) is 8.42 Å². The molecule has 0 spiro atoms. The van der Waals surface area contributed by atoms with E-state index in [0.29, 0.717) is 17.7 Å². The van der Waals surface area contributed by atoms with Gasteiger partial charge in [-0.3, -0.25) is 14.4 Å². The van der Waals surface area contributed by atoms with E-state index in [4.69, 9.17) is 4.74 Å². The first kappa shape index (κ1) is 19.9. The van der Waals surface area contributed by atoms with Crippen LogP contribution in [0, 0.1) is 0 Å². The van der Waals surface area contributed by atoms with E-state index >= 15 is 0 Å². The van der Waals surface area contributed by atoms with Gasteiger partial charge in [0.15, 0.2) is 16.4 Å². The lowest BCUT2D eigenvalue weighted by atomic mass is 10.1. The average molecular weight is 382 g/mol. The topological polar surface area (TPSA) is 110 Å². The van der Waals surface area contributed by atoms with E-state index < -0.39 is 28.3 Å². The molecule has 1 aromatic rings. The zero-order valence-electron chi connectivity index (χ0n) is 14.7. The highest BCUT2D eigenvalue weighted by molar-refractivity contribution is 7.91. The van der Waals surface area contributed by atoms with E-state index in [0.717, 1.165) is 0 Å². The Morgan fingerprint density at radius 1 is 1.23 bits per heavy atom. The Bertz CT molecular complexity index is 788. The zero-order valence-corrected chi connectivity index (χ0v) is 15.5. The number of carbonyl (C=O) groups excluding carboxylic acids is 3. The molecule has 0 saturated carbocycles. The largest absolute Gasteiger partial charge is 0.455 e. The maximum absolute atomic E-state index is 12.1. The number of ether oxygens (including phenoxy) is 1. The molecular weight excluding hydrogens is 360 g/mol. The third-order valence-electron chi connectivity index (χ3n) is 4.13. The molecule has 0 bridgehead atoms. The van der Waals surface area contributed by atoms with Gasteiger partial charge in [-0.05, 0) is 24.1 Å². The number of esters is 1. The summed E-state index contributed by atoms with van der Waals surface area (Å²) in [4.78, 5) is 36.2. The molecule has 0 unspecified atom stereocenters. The maximum atomic E-state index is 12.1. The predicted molar refractivity (Wildman–Crippen MR) is 95.2 cm³/mol. The Morgan fingerprint density at radius 2 is 1.88 bits per heavy atom. The standard InChI is InChI=1S/C17H22N2O6S/c1-12(20)18-14-5-3-13(4-6-14)9-17(22)25-10-16(21)19(2)15-7-8-26(23,24)11-15/h3-6,15H,7-11H2,1-2H3,(H,18,20)/t15-/m1/s1. The van der Waals surface area contributed by atoms with Crippen molar-refractivity contribution in [1.82, 2.24) is 4.90 Å². The van der Waals surface area contributed by atoms with Gasteiger partial charge in [-0.2, -0.15) is 0 Å². The normalized spacial score (nSPS) is 18.2. The molecular formula is C17H22N2O6S. The third-order valence-corrected chi connectivity index (χ3v) is 5.88. The van der Waals surface area contributed by atoms with Crippen molar-refractivity contribution in [3.05, 3.63) is 29.8 Å². The van der Waals surface area contributed by atoms with Crippen LogP contribution in [0.3, 0.4) is 0 Å². The quantitative estimate of drug-likeness (QED) is 0.712. The van der Waals surface area contributed by atoms with E-state index in [2.05, 4.69) is 5.32 Å². The molecule has 26 heavy (non-hydrogen) atoms. The van der Waals surface area contributed by atoms with Crippen LogP contribution in [-0.2, 0) is 35.4 Å². The number of anilines is 1. The lowest BCUT2D eigenvalue weighted by molar-refractivity contribution is -0.151. The summed E-state index contributed by atoms with van der Waals surface area (Å²) >= 11 is 0. The van der Waals surface area contributed by atoms with Crippen LogP contribution < -0.4 is 5.32 Å². The molecule has 0 aromatic heterocycles. The van der Waals surface area contributed by atoms with Crippen LogP contribution in [0.1, 0.15) is 18.9 Å². The van der Waals surface area contributed by atoms with Crippen LogP contribution in [0.5, 0.6) is 0 Å². The van der Waals surface area contributed by atoms with E-state index in [1.807, 2.05) is 0 Å². The fourth-order valence-electron chi connectivity index (χ4n) is 2.66. The van der Waals surface area contributed by atoms with Crippen LogP contribution in [-0.4, -0.2) is 62.3 Å². The van der Waals surface area contributed by atoms with Gasteiger partial charge in [-0.1, -0.05) is 12.1 Å². The smallest absolute Gasteiger partial charge is 0.310 e. The van der Waals surface area contributed by atoms with Crippen LogP contribution in [0.15, 0.2) is 24.3 Å². The van der Waals surface area contributed by atoms with Crippen molar-refractivity contribution in [1.29, 1.82) is 0 Å². The second-order valence-corrected chi connectivity index (χ2v) is 8.51. The van der Waals surface area contributed by atoms with E-state index in [1.54, 1.807) is 24.3 Å². The molecule has 1 aliphatic rings. The highest BCUT2D eigenvalue weighted by atomic mass is 32.2. The Hall–Kier alpha value is -2.42. The van der Waals surface area contributed by atoms with E-state index in [-0.39, 0.29) is 29.9 Å². The molecule has 1 N–H and O–H groups in total. The van der Waals surface area contributed by atoms with E-state index in [1.165, 1.54) is 18.9 Å². The Labute approximate surface area is 152 Å². The van der Waals surface area contributed by atoms with Gasteiger partial charge in [0.1, 0.15) is 0 Å². The summed E-state index contributed by atoms with van der Waals surface area (Å²) in [6, 6.07) is 6.34. The number of hydrogen-bond acceptors (Lipinski definition) is 6. The molecule has 0 aliphatic carbocycles. The van der Waals surface area contributed by atoms with Gasteiger partial charge in [0.05, 0.1) is 17.9 Å². The van der Waals surface area contributed by atoms with Crippen LogP contribution in [0.25, 0.3) is 0 Å². The summed E-state index contributed by atoms with van der Waals surface area (Å²) < 4.78 is 27.9. The van der Waals surface area contributed by atoms with Crippen molar-refractivity contribution < 1.29 is 27.5 Å². The monoisotopic (exact) mass is 382 g/mol. The number of nitrogens with zero attached hydrogens (tertiary/aromatic N) is 1. The minimum Gasteiger partial charge on any atom is -0.455 e. The number of amides is 2. The first-order valence-corrected chi connectivity index (χ1v) is 9.96. The van der Waals surface area contributed by atoms with Gasteiger partial charge in [0.2, 0.25) is 5.91 Å². The van der Waals surface area contributed by atoms with Gasteiger partial charge in [0.25, 0.3) is 5.91 Å². The number of sulfone groups is 1. The van der Waals surface area contributed by atoms with Crippen LogP contribution >= 0.6 is 0 Å². The third kappa shape index (κ3) is 5.83. The summed E-state index contributed by atoms with van der Waals surface area (Å²) in [6.07, 6.45) is 0.397. The fraction of sp³-hybridized carbons (Fsp3) is 0.471. The van der Waals surface area contributed by atoms with Gasteiger partial charge in [0, 0.05) is 25.7 Å². The second kappa shape index (κ2) is 8.31. The molecule has 8 nitrogen and oxygen atoms in total. The number of rotatable bonds is 6. The summed E-state index contributed by atoms with van der Waals surface area (Å²) in [5, 5.41) is 2.62. The number of carbonyl (C=O) groups is 3. The van der Waals surface area contributed by atoms with Crippen LogP contribution in [0.2, 0.25) is 0 Å². The minimum atomic E-state index is -3.09.